The Kier molecular flexibility index (Phi) is 8.16. The lowest BCUT2D eigenvalue weighted by Crippen LogP contribution is -2.31. The minimum atomic E-state index is 1.02. The smallest absolute Gasteiger partial charge is 0.0537 e. The van der Waals surface area contributed by atoms with E-state index in [9.17, 15) is 0 Å². The number of rotatable bonds is 6. The van der Waals surface area contributed by atoms with Crippen LogP contribution in [0, 0.1) is 0 Å². The van der Waals surface area contributed by atoms with E-state index in [1.165, 1.54) is 92.9 Å². The van der Waals surface area contributed by atoms with Crippen LogP contribution >= 0.6 is 0 Å². The fourth-order valence-corrected chi connectivity index (χ4v) is 10.1. The molecule has 0 saturated carbocycles. The summed E-state index contributed by atoms with van der Waals surface area (Å²) in [4.78, 5) is 2.42. The highest BCUT2D eigenvalue weighted by Gasteiger charge is 2.22. The van der Waals surface area contributed by atoms with E-state index in [1.54, 1.807) is 0 Å². The first-order valence-corrected chi connectivity index (χ1v) is 21.3. The first-order chi connectivity index (χ1) is 29.8. The van der Waals surface area contributed by atoms with Crippen molar-refractivity contribution in [3.8, 4) is 27.9 Å². The van der Waals surface area contributed by atoms with E-state index in [0.717, 1.165) is 42.7 Å². The third-order valence-electron chi connectivity index (χ3n) is 12.8. The summed E-state index contributed by atoms with van der Waals surface area (Å²) in [5.74, 6) is 0. The zero-order valence-corrected chi connectivity index (χ0v) is 33.4. The summed E-state index contributed by atoms with van der Waals surface area (Å²) in [6.07, 6.45) is 13.8. The Hall–Kier alpha value is -7.42. The van der Waals surface area contributed by atoms with Crippen molar-refractivity contribution in [3.05, 3.63) is 210 Å². The molecule has 0 saturated heterocycles. The average Bonchev–Trinajstić information content (AvgIpc) is 3.65. The van der Waals surface area contributed by atoms with Gasteiger partial charge in [-0.2, -0.15) is 0 Å². The molecule has 2 aliphatic rings. The van der Waals surface area contributed by atoms with E-state index < -0.39 is 0 Å². The maximum Gasteiger partial charge on any atom is 0.0537 e. The van der Waals surface area contributed by atoms with Crippen LogP contribution in [0.25, 0.3) is 89.4 Å². The molecule has 0 fully saturated rings. The van der Waals surface area contributed by atoms with E-state index in [-0.39, 0.29) is 0 Å². The maximum atomic E-state index is 2.49. The van der Waals surface area contributed by atoms with Gasteiger partial charge < -0.3 is 9.47 Å². The van der Waals surface area contributed by atoms with Gasteiger partial charge in [0.15, 0.2) is 0 Å². The Bertz CT molecular complexity index is 3480. The van der Waals surface area contributed by atoms with Gasteiger partial charge in [0.1, 0.15) is 0 Å². The molecule has 0 unspecified atom stereocenters. The second kappa shape index (κ2) is 14.1. The summed E-state index contributed by atoms with van der Waals surface area (Å²) in [7, 11) is 0. The van der Waals surface area contributed by atoms with Gasteiger partial charge in [-0.15, -0.1) is 0 Å². The van der Waals surface area contributed by atoms with Gasteiger partial charge in [-0.25, -0.2) is 0 Å². The quantitative estimate of drug-likeness (QED) is 0.164. The van der Waals surface area contributed by atoms with Crippen LogP contribution in [-0.2, 0) is 6.42 Å². The highest BCUT2D eigenvalue weighted by atomic mass is 15.1. The van der Waals surface area contributed by atoms with Crippen LogP contribution < -0.4 is 15.3 Å². The largest absolute Gasteiger partial charge is 0.310 e. The number of benzene rings is 9. The van der Waals surface area contributed by atoms with Crippen molar-refractivity contribution in [3.63, 3.8) is 0 Å². The van der Waals surface area contributed by atoms with Gasteiger partial charge in [0, 0.05) is 33.8 Å². The number of aromatic nitrogens is 1. The first kappa shape index (κ1) is 34.6. The molecular weight excluding hydrogens is 725 g/mol. The molecule has 284 valence electrons. The highest BCUT2D eigenvalue weighted by Crippen LogP contribution is 2.41. The zero-order valence-electron chi connectivity index (χ0n) is 33.4. The van der Waals surface area contributed by atoms with Crippen molar-refractivity contribution in [2.24, 2.45) is 0 Å². The Morgan fingerprint density at radius 3 is 1.70 bits per heavy atom. The van der Waals surface area contributed by atoms with Gasteiger partial charge in [-0.3, -0.25) is 0 Å². The van der Waals surface area contributed by atoms with Crippen molar-refractivity contribution in [2.45, 2.75) is 25.7 Å². The molecule has 2 nitrogen and oxygen atoms in total. The standard InChI is InChI=1S/C58H42N2/c1-2-18-45(19-3-1)59(46-30-32-47(33-31-46)60-55-24-12-10-20-49(55)50-21-11-13-25-56(50)60)48-34-35-53-54(38-48)58(44-29-27-40-15-5-7-17-42(40)37-44)52-23-9-8-22-51(52)57(53)43-28-26-39-14-4-6-16-41(39)36-43/h1-7,10,12-20,22-38H,8-9,11,21H2. The number of anilines is 3. The minimum absolute atomic E-state index is 1.02. The molecule has 10 aromatic rings. The molecule has 0 amide bonds. The first-order valence-electron chi connectivity index (χ1n) is 21.3. The SMILES string of the molecule is C1=Cc2c(c3ccccc3n2-c2ccc(N(c3ccccc3)c3ccc4c(-c5ccc6ccccc6c5)c5c(c(-c6ccc7ccccc7c6)c4c3)=CCCC=5)cc2)CC1. The lowest BCUT2D eigenvalue weighted by molar-refractivity contribution is 0.967. The lowest BCUT2D eigenvalue weighted by atomic mass is 9.85. The van der Waals surface area contributed by atoms with Crippen molar-refractivity contribution in [1.82, 2.24) is 4.57 Å². The summed E-state index contributed by atoms with van der Waals surface area (Å²) in [5.41, 5.74) is 13.6. The van der Waals surface area contributed by atoms with Gasteiger partial charge in [0.2, 0.25) is 0 Å². The molecule has 0 N–H and O–H groups in total. The molecule has 0 radical (unpaired) electrons. The lowest BCUT2D eigenvalue weighted by Gasteiger charge is -2.27. The normalized spacial score (nSPS) is 13.3. The molecule has 0 bridgehead atoms. The predicted molar refractivity (Wildman–Crippen MR) is 256 cm³/mol. The van der Waals surface area contributed by atoms with Crippen LogP contribution in [0.2, 0.25) is 0 Å². The molecule has 2 heteroatoms. The number of fused-ring (bicyclic) bond motifs is 7. The molecule has 1 aromatic heterocycles. The van der Waals surface area contributed by atoms with Gasteiger partial charge in [0.05, 0.1) is 5.52 Å². The van der Waals surface area contributed by atoms with E-state index in [4.69, 9.17) is 0 Å². The summed E-state index contributed by atoms with van der Waals surface area (Å²) in [6, 6.07) is 67.4. The Labute approximate surface area is 349 Å². The van der Waals surface area contributed by atoms with Crippen LogP contribution in [0.15, 0.2) is 188 Å². The van der Waals surface area contributed by atoms with Crippen LogP contribution in [-0.4, -0.2) is 4.57 Å². The van der Waals surface area contributed by atoms with Crippen molar-refractivity contribution in [2.75, 3.05) is 4.90 Å². The Morgan fingerprint density at radius 1 is 0.417 bits per heavy atom. The Morgan fingerprint density at radius 2 is 1.00 bits per heavy atom. The summed E-state index contributed by atoms with van der Waals surface area (Å²) in [6.45, 7) is 0. The topological polar surface area (TPSA) is 8.17 Å². The molecule has 2 aliphatic carbocycles. The summed E-state index contributed by atoms with van der Waals surface area (Å²) in [5, 5.41) is 11.6. The predicted octanol–water partition coefficient (Wildman–Crippen LogP) is 14.2. The van der Waals surface area contributed by atoms with Crippen LogP contribution in [0.1, 0.15) is 30.5 Å². The number of hydrogen-bond acceptors (Lipinski definition) is 1. The second-order valence-electron chi connectivity index (χ2n) is 16.3. The number of para-hydroxylation sites is 2. The fourth-order valence-electron chi connectivity index (χ4n) is 10.1. The zero-order chi connectivity index (χ0) is 39.6. The number of hydrogen-bond donors (Lipinski definition) is 0. The van der Waals surface area contributed by atoms with Gasteiger partial charge in [0.25, 0.3) is 0 Å². The average molecular weight is 767 g/mol. The van der Waals surface area contributed by atoms with Gasteiger partial charge in [-0.1, -0.05) is 133 Å². The summed E-state index contributed by atoms with van der Waals surface area (Å²) < 4.78 is 2.44. The van der Waals surface area contributed by atoms with E-state index in [2.05, 4.69) is 216 Å². The van der Waals surface area contributed by atoms with Crippen molar-refractivity contribution in [1.29, 1.82) is 0 Å². The van der Waals surface area contributed by atoms with E-state index in [1.807, 2.05) is 0 Å². The van der Waals surface area contributed by atoms with Crippen LogP contribution in [0.5, 0.6) is 0 Å². The van der Waals surface area contributed by atoms with E-state index >= 15 is 0 Å². The fraction of sp³-hybridized carbons (Fsp3) is 0.0690. The molecule has 60 heavy (non-hydrogen) atoms. The second-order valence-corrected chi connectivity index (χ2v) is 16.3. The molecule has 0 spiro atoms. The third-order valence-corrected chi connectivity index (χ3v) is 12.8. The molecule has 9 aromatic carbocycles. The Balaban J connectivity index is 1.10. The third kappa shape index (κ3) is 5.63. The minimum Gasteiger partial charge on any atom is -0.310 e. The molecule has 0 atom stereocenters. The van der Waals surface area contributed by atoms with Crippen molar-refractivity contribution >= 4 is 78.5 Å². The number of aryl methyl sites for hydroxylation is 1. The van der Waals surface area contributed by atoms with Crippen LogP contribution in [0.3, 0.4) is 0 Å². The monoisotopic (exact) mass is 766 g/mol. The molecule has 0 aliphatic heterocycles. The van der Waals surface area contributed by atoms with Crippen LogP contribution in [0.4, 0.5) is 17.1 Å². The van der Waals surface area contributed by atoms with Crippen molar-refractivity contribution < 1.29 is 0 Å². The van der Waals surface area contributed by atoms with Gasteiger partial charge in [-0.05, 0) is 169 Å². The number of allylic oxidation sites excluding steroid dienone is 1. The molecule has 1 heterocycles. The highest BCUT2D eigenvalue weighted by molar-refractivity contribution is 6.09. The maximum absolute atomic E-state index is 2.49. The number of nitrogens with zero attached hydrogens (tertiary/aromatic N) is 2. The molecule has 12 rings (SSSR count). The van der Waals surface area contributed by atoms with E-state index in [0.29, 0.717) is 0 Å². The molecular formula is C58H42N2. The summed E-state index contributed by atoms with van der Waals surface area (Å²) >= 11 is 0. The van der Waals surface area contributed by atoms with Gasteiger partial charge >= 0.3 is 0 Å².